The van der Waals surface area contributed by atoms with Crippen LogP contribution in [0.4, 0.5) is 0 Å². The van der Waals surface area contributed by atoms with Gasteiger partial charge in [0.1, 0.15) is 11.7 Å². The second-order valence-corrected chi connectivity index (χ2v) is 6.24. The van der Waals surface area contributed by atoms with Crippen molar-refractivity contribution in [2.75, 3.05) is 20.8 Å². The summed E-state index contributed by atoms with van der Waals surface area (Å²) in [6, 6.07) is 0.397. The Balaban J connectivity index is 0. The number of esters is 2. The molecule has 6 nitrogen and oxygen atoms in total. The highest BCUT2D eigenvalue weighted by Gasteiger charge is 2.28. The molecule has 0 aromatic heterocycles. The third-order valence-corrected chi connectivity index (χ3v) is 2.70. The number of rotatable bonds is 6. The van der Waals surface area contributed by atoms with Crippen LogP contribution >= 0.6 is 0 Å². The van der Waals surface area contributed by atoms with Gasteiger partial charge in [0.05, 0.1) is 19.6 Å². The maximum absolute atomic E-state index is 11.2. The number of carbonyl (C=O) groups excluding carboxylic acids is 3. The molecule has 0 aromatic carbocycles. The molecule has 0 saturated heterocycles. The van der Waals surface area contributed by atoms with Crippen LogP contribution in [0.3, 0.4) is 0 Å². The molecule has 6 heteroatoms. The van der Waals surface area contributed by atoms with Gasteiger partial charge in [0, 0.05) is 12.6 Å². The minimum atomic E-state index is -0.991. The third kappa shape index (κ3) is 9.18. The maximum Gasteiger partial charge on any atom is 0.318 e. The lowest BCUT2D eigenvalue weighted by atomic mass is 9.93. The van der Waals surface area contributed by atoms with E-state index >= 15 is 0 Å². The Kier molecular flexibility index (Phi) is 9.89. The van der Waals surface area contributed by atoms with Crippen molar-refractivity contribution in [1.82, 2.24) is 5.32 Å². The van der Waals surface area contributed by atoms with Gasteiger partial charge in [-0.3, -0.25) is 9.59 Å². The zero-order chi connectivity index (χ0) is 17.3. The second kappa shape index (κ2) is 9.50. The molecule has 0 spiro atoms. The summed E-state index contributed by atoms with van der Waals surface area (Å²) in [5, 5.41) is 3.20. The summed E-state index contributed by atoms with van der Waals surface area (Å²) < 4.78 is 9.00. The van der Waals surface area contributed by atoms with Gasteiger partial charge in [0.15, 0.2) is 0 Å². The highest BCUT2D eigenvalue weighted by molar-refractivity contribution is 5.91. The summed E-state index contributed by atoms with van der Waals surface area (Å²) in [5.41, 5.74) is -1.42. The first kappa shape index (κ1) is 21.9. The van der Waals surface area contributed by atoms with Gasteiger partial charge < -0.3 is 19.6 Å². The highest BCUT2D eigenvalue weighted by atomic mass is 16.5. The Hall–Kier alpha value is -1.43. The molecule has 0 heterocycles. The Morgan fingerprint density at radius 3 is 1.71 bits per heavy atom. The zero-order valence-electron chi connectivity index (χ0n) is 14.4. The third-order valence-electron chi connectivity index (χ3n) is 2.70. The van der Waals surface area contributed by atoms with E-state index in [1.54, 1.807) is 0 Å². The van der Waals surface area contributed by atoms with E-state index in [0.29, 0.717) is 18.9 Å². The lowest BCUT2D eigenvalue weighted by molar-refractivity contribution is -0.152. The zero-order valence-corrected chi connectivity index (χ0v) is 14.4. The van der Waals surface area contributed by atoms with Crippen molar-refractivity contribution in [3.8, 4) is 0 Å². The Bertz CT molecular complexity index is 348. The molecule has 124 valence electrons. The molecule has 0 amide bonds. The Morgan fingerprint density at radius 2 is 1.48 bits per heavy atom. The van der Waals surface area contributed by atoms with Gasteiger partial charge in [-0.2, -0.15) is 0 Å². The van der Waals surface area contributed by atoms with Crippen molar-refractivity contribution >= 4 is 18.2 Å². The van der Waals surface area contributed by atoms with Crippen molar-refractivity contribution < 1.29 is 23.9 Å². The minimum absolute atomic E-state index is 0.171. The van der Waals surface area contributed by atoms with Crippen molar-refractivity contribution in [3.63, 3.8) is 0 Å². The van der Waals surface area contributed by atoms with Crippen LogP contribution < -0.4 is 5.32 Å². The normalized spacial score (nSPS) is 11.3. The molecule has 0 unspecified atom stereocenters. The predicted octanol–water partition coefficient (Wildman–Crippen LogP) is 1.57. The van der Waals surface area contributed by atoms with Crippen LogP contribution in [-0.2, 0) is 23.9 Å². The molecule has 1 N–H and O–H groups in total. The summed E-state index contributed by atoms with van der Waals surface area (Å²) >= 11 is 0. The van der Waals surface area contributed by atoms with Crippen LogP contribution in [0.1, 0.15) is 41.5 Å². The van der Waals surface area contributed by atoms with E-state index in [4.69, 9.17) is 0 Å². The topological polar surface area (TPSA) is 81.7 Å². The average Bonchev–Trinajstić information content (AvgIpc) is 2.43. The van der Waals surface area contributed by atoms with Crippen LogP contribution in [0.25, 0.3) is 0 Å². The van der Waals surface area contributed by atoms with E-state index in [2.05, 4.69) is 14.8 Å². The van der Waals surface area contributed by atoms with E-state index in [-0.39, 0.29) is 5.97 Å². The molecule has 0 aromatic rings. The summed E-state index contributed by atoms with van der Waals surface area (Å²) in [7, 11) is 2.67. The number of ether oxygens (including phenoxy) is 2. The molecule has 0 saturated carbocycles. The van der Waals surface area contributed by atoms with E-state index in [0.717, 1.165) is 0 Å². The van der Waals surface area contributed by atoms with Gasteiger partial charge in [-0.15, -0.1) is 0 Å². The molecule has 0 aliphatic rings. The van der Waals surface area contributed by atoms with Crippen molar-refractivity contribution in [3.05, 3.63) is 0 Å². The van der Waals surface area contributed by atoms with Gasteiger partial charge in [-0.05, 0) is 27.7 Å². The Morgan fingerprint density at radius 1 is 1.05 bits per heavy atom. The molecule has 0 aliphatic carbocycles. The fourth-order valence-corrected chi connectivity index (χ4v) is 1.12. The predicted molar refractivity (Wildman–Crippen MR) is 80.8 cm³/mol. The molecule has 0 fully saturated rings. The number of methoxy groups -OCH3 is 2. The molecule has 21 heavy (non-hydrogen) atoms. The second-order valence-electron chi connectivity index (χ2n) is 6.24. The largest absolute Gasteiger partial charge is 0.469 e. The first-order valence-electron chi connectivity index (χ1n) is 6.81. The van der Waals surface area contributed by atoms with Gasteiger partial charge >= 0.3 is 11.9 Å². The summed E-state index contributed by atoms with van der Waals surface area (Å²) in [6.45, 7) is 11.5. The first-order chi connectivity index (χ1) is 9.44. The van der Waals surface area contributed by atoms with E-state index < -0.39 is 16.8 Å². The summed E-state index contributed by atoms with van der Waals surface area (Å²) in [5.74, 6) is -0.673. The van der Waals surface area contributed by atoms with Crippen LogP contribution in [0.15, 0.2) is 0 Å². The molecular formula is C15H29NO5. The summed E-state index contributed by atoms with van der Waals surface area (Å²) in [4.78, 5) is 31.9. The van der Waals surface area contributed by atoms with E-state index in [1.165, 1.54) is 28.1 Å². The number of aldehydes is 1. The van der Waals surface area contributed by atoms with Crippen LogP contribution in [0.5, 0.6) is 0 Å². The van der Waals surface area contributed by atoms with Crippen molar-refractivity contribution in [2.45, 2.75) is 47.6 Å². The molecule has 0 rings (SSSR count). The van der Waals surface area contributed by atoms with Gasteiger partial charge in [-0.25, -0.2) is 0 Å². The highest BCUT2D eigenvalue weighted by Crippen LogP contribution is 2.15. The fraction of sp³-hybridized carbons (Fsp3) is 0.800. The summed E-state index contributed by atoms with van der Waals surface area (Å²) in [6.07, 6.45) is 0.568. The van der Waals surface area contributed by atoms with E-state index in [1.807, 2.05) is 27.7 Å². The number of carbonyl (C=O) groups is 3. The smallest absolute Gasteiger partial charge is 0.318 e. The number of hydrogen-bond donors (Lipinski definition) is 1. The standard InChI is InChI=1S/C9H19NO2.C6H10O3/c1-7(2)10-6-9(3,4)8(11)12-5;1-6(2,4-7)5(8)9-3/h7,10H,6H2,1-5H3;4H,1-3H3. The SMILES string of the molecule is COC(=O)C(C)(C)C=O.COC(=O)C(C)(C)CNC(C)C. The lowest BCUT2D eigenvalue weighted by Crippen LogP contribution is -2.39. The van der Waals surface area contributed by atoms with Crippen molar-refractivity contribution in [2.24, 2.45) is 10.8 Å². The van der Waals surface area contributed by atoms with Gasteiger partial charge in [-0.1, -0.05) is 13.8 Å². The lowest BCUT2D eigenvalue weighted by Gasteiger charge is -2.23. The minimum Gasteiger partial charge on any atom is -0.469 e. The monoisotopic (exact) mass is 303 g/mol. The van der Waals surface area contributed by atoms with Crippen molar-refractivity contribution in [1.29, 1.82) is 0 Å². The molecule has 0 radical (unpaired) electrons. The maximum atomic E-state index is 11.2. The first-order valence-corrected chi connectivity index (χ1v) is 6.81. The Labute approximate surface area is 127 Å². The fourth-order valence-electron chi connectivity index (χ4n) is 1.12. The average molecular weight is 303 g/mol. The number of nitrogens with one attached hydrogen (secondary N) is 1. The van der Waals surface area contributed by atoms with E-state index in [9.17, 15) is 14.4 Å². The van der Waals surface area contributed by atoms with Crippen LogP contribution in [0.2, 0.25) is 0 Å². The number of hydrogen-bond acceptors (Lipinski definition) is 6. The molecule has 0 bridgehead atoms. The molecular weight excluding hydrogens is 274 g/mol. The van der Waals surface area contributed by atoms with Crippen LogP contribution in [0, 0.1) is 10.8 Å². The van der Waals surface area contributed by atoms with Crippen LogP contribution in [-0.4, -0.2) is 45.0 Å². The molecule has 0 atom stereocenters. The quantitative estimate of drug-likeness (QED) is 0.456. The van der Waals surface area contributed by atoms with Gasteiger partial charge in [0.25, 0.3) is 0 Å². The molecule has 0 aliphatic heterocycles. The van der Waals surface area contributed by atoms with Gasteiger partial charge in [0.2, 0.25) is 0 Å².